The Bertz CT molecular complexity index is 2130. The molecule has 0 aliphatic rings. The first-order valence-electron chi connectivity index (χ1n) is 16.0. The number of aryl methyl sites for hydroxylation is 2. The summed E-state index contributed by atoms with van der Waals surface area (Å²) >= 11 is 0. The van der Waals surface area contributed by atoms with Crippen molar-refractivity contribution in [2.75, 3.05) is 28.4 Å². The van der Waals surface area contributed by atoms with Crippen LogP contribution >= 0.6 is 0 Å². The van der Waals surface area contributed by atoms with E-state index in [1.54, 1.807) is 28.4 Å². The van der Waals surface area contributed by atoms with Crippen molar-refractivity contribution < 1.29 is 18.9 Å². The van der Waals surface area contributed by atoms with Gasteiger partial charge in [0.2, 0.25) is 23.7 Å². The Morgan fingerprint density at radius 3 is 1.12 bits per heavy atom. The largest absolute Gasteiger partial charge is 0.497 e. The Labute approximate surface area is 290 Å². The van der Waals surface area contributed by atoms with Crippen LogP contribution in [-0.2, 0) is 0 Å². The molecule has 3 aromatic carbocycles. The fourth-order valence-electron chi connectivity index (χ4n) is 6.26. The molecule has 4 aromatic heterocycles. The quantitative estimate of drug-likeness (QED) is 0.153. The molecule has 0 aliphatic carbocycles. The molecule has 0 fully saturated rings. The topological polar surface area (TPSA) is 108 Å². The van der Waals surface area contributed by atoms with Crippen molar-refractivity contribution in [3.63, 3.8) is 0 Å². The molecule has 0 N–H and O–H groups in total. The first kappa shape index (κ1) is 32.3. The molecule has 0 saturated carbocycles. The van der Waals surface area contributed by atoms with Gasteiger partial charge in [0.15, 0.2) is 0 Å². The molecular formula is C38H38N8O4. The van der Waals surface area contributed by atoms with E-state index < -0.39 is 0 Å². The van der Waals surface area contributed by atoms with Crippen molar-refractivity contribution in [3.05, 3.63) is 108 Å². The van der Waals surface area contributed by atoms with E-state index in [-0.39, 0.29) is 0 Å². The molecule has 0 spiro atoms. The molecule has 0 atom stereocenters. The van der Waals surface area contributed by atoms with Gasteiger partial charge in [-0.3, -0.25) is 18.3 Å². The highest BCUT2D eigenvalue weighted by molar-refractivity contribution is 5.67. The van der Waals surface area contributed by atoms with Crippen LogP contribution in [0.4, 0.5) is 0 Å². The number of aromatic nitrogens is 8. The predicted molar refractivity (Wildman–Crippen MR) is 191 cm³/mol. The minimum Gasteiger partial charge on any atom is -0.497 e. The molecule has 7 rings (SSSR count). The molecule has 7 aromatic rings. The van der Waals surface area contributed by atoms with Gasteiger partial charge in [-0.15, -0.1) is 0 Å². The summed E-state index contributed by atoms with van der Waals surface area (Å²) in [7, 11) is 6.57. The third-order valence-electron chi connectivity index (χ3n) is 8.82. The van der Waals surface area contributed by atoms with Crippen molar-refractivity contribution in [1.82, 2.24) is 38.2 Å². The van der Waals surface area contributed by atoms with E-state index in [0.717, 1.165) is 68.4 Å². The van der Waals surface area contributed by atoms with E-state index in [2.05, 4.69) is 33.4 Å². The minimum atomic E-state index is 0.535. The van der Waals surface area contributed by atoms with Crippen molar-refractivity contribution >= 4 is 0 Å². The van der Waals surface area contributed by atoms with E-state index in [4.69, 9.17) is 38.9 Å². The smallest absolute Gasteiger partial charge is 0.236 e. The highest BCUT2D eigenvalue weighted by Gasteiger charge is 2.24. The third-order valence-corrected chi connectivity index (χ3v) is 8.82. The van der Waals surface area contributed by atoms with E-state index >= 15 is 0 Å². The van der Waals surface area contributed by atoms with Crippen LogP contribution in [0.25, 0.3) is 46.0 Å². The summed E-state index contributed by atoms with van der Waals surface area (Å²) in [4.78, 5) is 19.5. The van der Waals surface area contributed by atoms with Gasteiger partial charge in [0.25, 0.3) is 0 Å². The Balaban J connectivity index is 1.30. The van der Waals surface area contributed by atoms with E-state index in [1.165, 1.54) is 0 Å². The normalized spacial score (nSPS) is 11.2. The van der Waals surface area contributed by atoms with Gasteiger partial charge in [-0.2, -0.15) is 9.97 Å². The standard InChI is InChI=1S/C38H38N8O4/c1-23-21-39-33(43(23)37-41-35(49-7)25(3)45(37)29-13-17-31(47-5)18-14-29)27-9-11-28(12-10-27)34-40-22-24(2)44(34)38-42-36(50-8)26(4)46(38)30-15-19-32(48-6)20-16-30/h9-22H,1-8H3. The Morgan fingerprint density at radius 2 is 0.800 bits per heavy atom. The second-order valence-electron chi connectivity index (χ2n) is 11.8. The monoisotopic (exact) mass is 670 g/mol. The first-order valence-corrected chi connectivity index (χ1v) is 16.0. The van der Waals surface area contributed by atoms with Gasteiger partial charge in [-0.25, -0.2) is 9.97 Å². The van der Waals surface area contributed by atoms with Gasteiger partial charge in [0.1, 0.15) is 23.1 Å². The lowest BCUT2D eigenvalue weighted by atomic mass is 10.1. The summed E-state index contributed by atoms with van der Waals surface area (Å²) in [6.07, 6.45) is 3.70. The average molecular weight is 671 g/mol. The molecule has 0 amide bonds. The lowest BCUT2D eigenvalue weighted by molar-refractivity contribution is 0.396. The van der Waals surface area contributed by atoms with Gasteiger partial charge in [0, 0.05) is 46.3 Å². The second-order valence-corrected chi connectivity index (χ2v) is 11.8. The molecular weight excluding hydrogens is 632 g/mol. The number of rotatable bonds is 10. The number of ether oxygens (including phenoxy) is 4. The third kappa shape index (κ3) is 5.34. The lowest BCUT2D eigenvalue weighted by Gasteiger charge is -2.15. The van der Waals surface area contributed by atoms with E-state index in [1.807, 2.05) is 97.8 Å². The summed E-state index contributed by atoms with van der Waals surface area (Å²) in [6, 6.07) is 23.9. The molecule has 12 nitrogen and oxygen atoms in total. The van der Waals surface area contributed by atoms with Crippen molar-refractivity contribution in [1.29, 1.82) is 0 Å². The van der Waals surface area contributed by atoms with E-state index in [9.17, 15) is 0 Å². The Hall–Kier alpha value is -6.30. The summed E-state index contributed by atoms with van der Waals surface area (Å²) in [5.74, 6) is 5.43. The van der Waals surface area contributed by atoms with Gasteiger partial charge in [-0.1, -0.05) is 24.3 Å². The van der Waals surface area contributed by atoms with Gasteiger partial charge in [0.05, 0.1) is 39.8 Å². The molecule has 0 bridgehead atoms. The molecule has 0 aliphatic heterocycles. The summed E-state index contributed by atoms with van der Waals surface area (Å²) in [5.41, 5.74) is 7.24. The van der Waals surface area contributed by atoms with E-state index in [0.29, 0.717) is 23.7 Å². The number of benzene rings is 3. The zero-order chi connectivity index (χ0) is 35.1. The van der Waals surface area contributed by atoms with Crippen molar-refractivity contribution in [2.45, 2.75) is 27.7 Å². The number of nitrogens with zero attached hydrogens (tertiary/aromatic N) is 8. The predicted octanol–water partition coefficient (Wildman–Crippen LogP) is 7.03. The van der Waals surface area contributed by atoms with Crippen LogP contribution in [0.5, 0.6) is 23.3 Å². The van der Waals surface area contributed by atoms with Crippen molar-refractivity contribution in [2.24, 2.45) is 0 Å². The zero-order valence-electron chi connectivity index (χ0n) is 29.3. The maximum absolute atomic E-state index is 5.67. The number of hydrogen-bond donors (Lipinski definition) is 0. The molecule has 12 heteroatoms. The fraction of sp³-hybridized carbons (Fsp3) is 0.211. The van der Waals surface area contributed by atoms with Crippen molar-refractivity contribution in [3.8, 4) is 69.3 Å². The molecule has 0 unspecified atom stereocenters. The Morgan fingerprint density at radius 1 is 0.440 bits per heavy atom. The zero-order valence-corrected chi connectivity index (χ0v) is 29.3. The maximum Gasteiger partial charge on any atom is 0.236 e. The molecule has 50 heavy (non-hydrogen) atoms. The molecule has 0 radical (unpaired) electrons. The number of imidazole rings is 4. The lowest BCUT2D eigenvalue weighted by Crippen LogP contribution is -2.10. The number of hydrogen-bond acceptors (Lipinski definition) is 8. The second kappa shape index (κ2) is 13.0. The van der Waals surface area contributed by atoms with Crippen LogP contribution in [0.15, 0.2) is 85.2 Å². The highest BCUT2D eigenvalue weighted by atomic mass is 16.5. The highest BCUT2D eigenvalue weighted by Crippen LogP contribution is 2.34. The first-order chi connectivity index (χ1) is 24.3. The van der Waals surface area contributed by atoms with Gasteiger partial charge < -0.3 is 18.9 Å². The van der Waals surface area contributed by atoms with Crippen LogP contribution in [0.1, 0.15) is 22.8 Å². The molecule has 0 saturated heterocycles. The summed E-state index contributed by atoms with van der Waals surface area (Å²) < 4.78 is 30.3. The fourth-order valence-corrected chi connectivity index (χ4v) is 6.26. The Kier molecular flexibility index (Phi) is 8.36. The van der Waals surface area contributed by atoms with Gasteiger partial charge >= 0.3 is 0 Å². The minimum absolute atomic E-state index is 0.535. The number of methoxy groups -OCH3 is 4. The van der Waals surface area contributed by atoms with Crippen LogP contribution < -0.4 is 18.9 Å². The summed E-state index contributed by atoms with van der Waals surface area (Å²) in [5, 5.41) is 0. The molecule has 254 valence electrons. The maximum atomic E-state index is 5.67. The average Bonchev–Trinajstić information content (AvgIpc) is 3.90. The van der Waals surface area contributed by atoms with Gasteiger partial charge in [-0.05, 0) is 76.2 Å². The van der Waals surface area contributed by atoms with Crippen LogP contribution in [-0.4, -0.2) is 66.6 Å². The molecule has 4 heterocycles. The van der Waals surface area contributed by atoms with Crippen LogP contribution in [0.3, 0.4) is 0 Å². The summed E-state index contributed by atoms with van der Waals surface area (Å²) in [6.45, 7) is 8.00. The van der Waals surface area contributed by atoms with Crippen LogP contribution in [0.2, 0.25) is 0 Å². The SMILES string of the molecule is COc1ccc(-n2c(-n3c(C)cnc3-c3ccc(-c4ncc(C)n4-c4nc(OC)c(C)n4-c4ccc(OC)cc4)cc3)nc(OC)c2C)cc1. The van der Waals surface area contributed by atoms with Crippen LogP contribution in [0, 0.1) is 27.7 Å².